The van der Waals surface area contributed by atoms with Crippen LogP contribution in [0.15, 0.2) is 108 Å². The van der Waals surface area contributed by atoms with Crippen LogP contribution in [-0.4, -0.2) is 44.3 Å². The van der Waals surface area contributed by atoms with Crippen molar-refractivity contribution in [1.82, 2.24) is 10.2 Å². The minimum absolute atomic E-state index is 0.0477. The van der Waals surface area contributed by atoms with Crippen molar-refractivity contribution in [3.05, 3.63) is 131 Å². The van der Waals surface area contributed by atoms with Gasteiger partial charge in [0, 0.05) is 19.5 Å². The van der Waals surface area contributed by atoms with Crippen molar-refractivity contribution in [1.29, 1.82) is 0 Å². The summed E-state index contributed by atoms with van der Waals surface area (Å²) in [5.41, 5.74) is 2.28. The number of aryl methyl sites for hydroxylation is 1. The van der Waals surface area contributed by atoms with E-state index in [4.69, 9.17) is 0 Å². The first-order chi connectivity index (χ1) is 21.6. The van der Waals surface area contributed by atoms with Gasteiger partial charge in [0.25, 0.3) is 10.0 Å². The monoisotopic (exact) mass is 633 g/mol. The number of unbranched alkanes of at least 4 members (excludes halogenated alkanes) is 1. The Bertz CT molecular complexity index is 1670. The summed E-state index contributed by atoms with van der Waals surface area (Å²) in [5.74, 6) is -2.08. The molecule has 0 radical (unpaired) electrons. The zero-order valence-corrected chi connectivity index (χ0v) is 26.1. The Morgan fingerprint density at radius 1 is 0.800 bits per heavy atom. The summed E-state index contributed by atoms with van der Waals surface area (Å²) in [4.78, 5) is 29.4. The van der Waals surface area contributed by atoms with E-state index in [1.807, 2.05) is 44.2 Å². The third-order valence-corrected chi connectivity index (χ3v) is 9.16. The van der Waals surface area contributed by atoms with Crippen LogP contribution in [0.2, 0.25) is 0 Å². The predicted octanol–water partition coefficient (Wildman–Crippen LogP) is 6.02. The number of carbonyl (C=O) groups is 2. The minimum Gasteiger partial charge on any atom is -0.354 e. The molecule has 236 valence electrons. The van der Waals surface area contributed by atoms with E-state index in [9.17, 15) is 26.8 Å². The SMILES string of the molecule is CCCCNC(=O)[C@H](Cc1ccccc1)N(Cc1ccc(F)cc1)C(=O)CN(c1ccc(F)cc1)S(=O)(=O)c1ccc(C)cc1. The number of nitrogens with zero attached hydrogens (tertiary/aromatic N) is 2. The molecule has 0 heterocycles. The number of anilines is 1. The van der Waals surface area contributed by atoms with Crippen LogP contribution in [0, 0.1) is 18.6 Å². The van der Waals surface area contributed by atoms with Gasteiger partial charge in [0.2, 0.25) is 11.8 Å². The highest BCUT2D eigenvalue weighted by atomic mass is 32.2. The van der Waals surface area contributed by atoms with Crippen molar-refractivity contribution >= 4 is 27.5 Å². The maximum Gasteiger partial charge on any atom is 0.264 e. The molecular formula is C35H37F2N3O4S. The average molecular weight is 634 g/mol. The van der Waals surface area contributed by atoms with Crippen LogP contribution < -0.4 is 9.62 Å². The smallest absolute Gasteiger partial charge is 0.264 e. The van der Waals surface area contributed by atoms with Crippen LogP contribution in [0.3, 0.4) is 0 Å². The largest absolute Gasteiger partial charge is 0.354 e. The molecule has 0 aliphatic rings. The number of carbonyl (C=O) groups excluding carboxylic acids is 2. The van der Waals surface area contributed by atoms with Crippen molar-refractivity contribution in [2.75, 3.05) is 17.4 Å². The van der Waals surface area contributed by atoms with Gasteiger partial charge >= 0.3 is 0 Å². The maximum absolute atomic E-state index is 14.4. The normalized spacial score (nSPS) is 11.9. The lowest BCUT2D eigenvalue weighted by Gasteiger charge is -2.34. The molecule has 2 amide bonds. The molecule has 0 saturated carbocycles. The Labute approximate surface area is 263 Å². The molecule has 45 heavy (non-hydrogen) atoms. The molecule has 0 bridgehead atoms. The number of sulfonamides is 1. The molecule has 0 unspecified atom stereocenters. The molecule has 7 nitrogen and oxygen atoms in total. The number of amides is 2. The van der Waals surface area contributed by atoms with Crippen molar-refractivity contribution in [2.24, 2.45) is 0 Å². The first-order valence-electron chi connectivity index (χ1n) is 14.8. The average Bonchev–Trinajstić information content (AvgIpc) is 3.03. The molecule has 1 N–H and O–H groups in total. The first kappa shape index (κ1) is 33.3. The van der Waals surface area contributed by atoms with E-state index >= 15 is 0 Å². The molecule has 0 spiro atoms. The molecule has 10 heteroatoms. The standard InChI is InChI=1S/C35H37F2N3O4S/c1-3-4-22-38-35(42)33(23-27-8-6-5-7-9-27)39(24-28-12-14-29(36)15-13-28)34(41)25-40(31-18-16-30(37)17-19-31)45(43,44)32-20-10-26(2)11-21-32/h5-21,33H,3-4,22-25H2,1-2H3,(H,38,42)/t33-/m0/s1. The molecule has 0 saturated heterocycles. The van der Waals surface area contributed by atoms with E-state index in [1.165, 1.54) is 53.4 Å². The minimum atomic E-state index is -4.30. The quantitative estimate of drug-likeness (QED) is 0.172. The molecule has 4 rings (SSSR count). The zero-order chi connectivity index (χ0) is 32.4. The van der Waals surface area contributed by atoms with Crippen LogP contribution in [0.4, 0.5) is 14.5 Å². The molecule has 1 atom stereocenters. The summed E-state index contributed by atoms with van der Waals surface area (Å²) >= 11 is 0. The first-order valence-corrected chi connectivity index (χ1v) is 16.2. The Hall–Kier alpha value is -4.57. The molecule has 0 fully saturated rings. The Morgan fingerprint density at radius 3 is 2.00 bits per heavy atom. The van der Waals surface area contributed by atoms with Gasteiger partial charge in [-0.1, -0.05) is 73.5 Å². The van der Waals surface area contributed by atoms with Crippen LogP contribution in [-0.2, 0) is 32.6 Å². The van der Waals surface area contributed by atoms with E-state index < -0.39 is 46.1 Å². The third-order valence-electron chi connectivity index (χ3n) is 7.37. The summed E-state index contributed by atoms with van der Waals surface area (Å²) < 4.78 is 56.6. The van der Waals surface area contributed by atoms with Gasteiger partial charge in [0.05, 0.1) is 10.6 Å². The van der Waals surface area contributed by atoms with Crippen LogP contribution in [0.5, 0.6) is 0 Å². The summed E-state index contributed by atoms with van der Waals surface area (Å²) in [6.07, 6.45) is 1.75. The predicted molar refractivity (Wildman–Crippen MR) is 171 cm³/mol. The number of benzene rings is 4. The topological polar surface area (TPSA) is 86.8 Å². The molecule has 4 aromatic carbocycles. The summed E-state index contributed by atoms with van der Waals surface area (Å²) in [5, 5.41) is 2.92. The van der Waals surface area contributed by atoms with Gasteiger partial charge in [-0.2, -0.15) is 0 Å². The van der Waals surface area contributed by atoms with Crippen molar-refractivity contribution in [2.45, 2.75) is 50.6 Å². The van der Waals surface area contributed by atoms with Gasteiger partial charge < -0.3 is 10.2 Å². The van der Waals surface area contributed by atoms with E-state index in [-0.39, 0.29) is 23.5 Å². The number of hydrogen-bond acceptors (Lipinski definition) is 4. The molecule has 0 aromatic heterocycles. The number of halogens is 2. The van der Waals surface area contributed by atoms with Crippen molar-refractivity contribution < 1.29 is 26.8 Å². The van der Waals surface area contributed by atoms with Gasteiger partial charge in [-0.25, -0.2) is 17.2 Å². The highest BCUT2D eigenvalue weighted by Crippen LogP contribution is 2.26. The fraction of sp³-hybridized carbons (Fsp3) is 0.257. The Morgan fingerprint density at radius 2 is 1.40 bits per heavy atom. The maximum atomic E-state index is 14.4. The van der Waals surface area contributed by atoms with Gasteiger partial charge in [0.1, 0.15) is 24.2 Å². The molecular weight excluding hydrogens is 596 g/mol. The number of rotatable bonds is 14. The second-order valence-corrected chi connectivity index (χ2v) is 12.7. The lowest BCUT2D eigenvalue weighted by Crippen LogP contribution is -2.53. The van der Waals surface area contributed by atoms with Gasteiger partial charge in [-0.05, 0) is 73.0 Å². The highest BCUT2D eigenvalue weighted by Gasteiger charge is 2.34. The van der Waals surface area contributed by atoms with E-state index in [1.54, 1.807) is 12.1 Å². The number of nitrogens with one attached hydrogen (secondary N) is 1. The van der Waals surface area contributed by atoms with Gasteiger partial charge in [-0.3, -0.25) is 13.9 Å². The van der Waals surface area contributed by atoms with Crippen LogP contribution >= 0.6 is 0 Å². The van der Waals surface area contributed by atoms with E-state index in [0.717, 1.165) is 40.4 Å². The Kier molecular flexibility index (Phi) is 11.4. The zero-order valence-electron chi connectivity index (χ0n) is 25.3. The second kappa shape index (κ2) is 15.4. The van der Waals surface area contributed by atoms with Gasteiger partial charge in [-0.15, -0.1) is 0 Å². The Balaban J connectivity index is 1.78. The van der Waals surface area contributed by atoms with Crippen LogP contribution in [0.25, 0.3) is 0 Å². The summed E-state index contributed by atoms with van der Waals surface area (Å²) in [6.45, 7) is 3.47. The lowest BCUT2D eigenvalue weighted by atomic mass is 10.0. The number of hydrogen-bond donors (Lipinski definition) is 1. The fourth-order valence-corrected chi connectivity index (χ4v) is 6.23. The lowest BCUT2D eigenvalue weighted by molar-refractivity contribution is -0.140. The van der Waals surface area contributed by atoms with E-state index in [0.29, 0.717) is 12.1 Å². The fourth-order valence-electron chi connectivity index (χ4n) is 4.82. The molecule has 4 aromatic rings. The van der Waals surface area contributed by atoms with Gasteiger partial charge in [0.15, 0.2) is 0 Å². The molecule has 0 aliphatic heterocycles. The summed E-state index contributed by atoms with van der Waals surface area (Å²) in [7, 11) is -4.30. The van der Waals surface area contributed by atoms with Crippen molar-refractivity contribution in [3.63, 3.8) is 0 Å². The highest BCUT2D eigenvalue weighted by molar-refractivity contribution is 7.92. The van der Waals surface area contributed by atoms with Crippen molar-refractivity contribution in [3.8, 4) is 0 Å². The second-order valence-electron chi connectivity index (χ2n) is 10.8. The van der Waals surface area contributed by atoms with E-state index in [2.05, 4.69) is 5.32 Å². The van der Waals surface area contributed by atoms with Crippen LogP contribution in [0.1, 0.15) is 36.5 Å². The summed E-state index contributed by atoms with van der Waals surface area (Å²) in [6, 6.07) is 24.7. The molecule has 0 aliphatic carbocycles. The third kappa shape index (κ3) is 8.98.